The van der Waals surface area contributed by atoms with Crippen molar-refractivity contribution in [3.63, 3.8) is 0 Å². The lowest BCUT2D eigenvalue weighted by Gasteiger charge is -2.13. The van der Waals surface area contributed by atoms with Gasteiger partial charge in [-0.25, -0.2) is 9.50 Å². The predicted octanol–water partition coefficient (Wildman–Crippen LogP) is 4.08. The summed E-state index contributed by atoms with van der Waals surface area (Å²) < 4.78 is 3.89. The fourth-order valence-corrected chi connectivity index (χ4v) is 4.80. The largest absolute Gasteiger partial charge is 0.326 e. The first-order chi connectivity index (χ1) is 17.0. The second-order valence-electron chi connectivity index (χ2n) is 9.15. The molecule has 0 unspecified atom stereocenters. The Morgan fingerprint density at radius 2 is 2.03 bits per heavy atom. The van der Waals surface area contributed by atoms with E-state index in [4.69, 9.17) is 0 Å². The summed E-state index contributed by atoms with van der Waals surface area (Å²) >= 11 is 0. The van der Waals surface area contributed by atoms with Gasteiger partial charge in [0, 0.05) is 42.0 Å². The highest BCUT2D eigenvalue weighted by Gasteiger charge is 2.18. The van der Waals surface area contributed by atoms with Crippen molar-refractivity contribution >= 4 is 17.2 Å². The van der Waals surface area contributed by atoms with Crippen molar-refractivity contribution in [1.29, 1.82) is 5.26 Å². The standard InChI is InChI=1S/C26H28N8O/c1-16-8-9-19(26-32-31-23-7-5-4-6-12-33(23)26)13-22(16)30-24(35)11-10-21-17(2)29-25-20(14-27)15-28-34(25)18(21)3/h8-9,13,15H,4-7,10-12H2,1-3H3,(H,30,35). The van der Waals surface area contributed by atoms with Crippen molar-refractivity contribution in [3.05, 3.63) is 58.3 Å². The van der Waals surface area contributed by atoms with E-state index in [1.54, 1.807) is 4.52 Å². The van der Waals surface area contributed by atoms with Gasteiger partial charge in [-0.2, -0.15) is 10.4 Å². The second-order valence-corrected chi connectivity index (χ2v) is 9.15. The fraction of sp³-hybridized carbons (Fsp3) is 0.385. The lowest BCUT2D eigenvalue weighted by Crippen LogP contribution is -2.15. The van der Waals surface area contributed by atoms with Crippen LogP contribution in [0.1, 0.15) is 59.6 Å². The minimum Gasteiger partial charge on any atom is -0.326 e. The maximum atomic E-state index is 12.9. The number of benzene rings is 1. The monoisotopic (exact) mass is 468 g/mol. The molecule has 9 heteroatoms. The van der Waals surface area contributed by atoms with Crippen LogP contribution in [-0.2, 0) is 24.2 Å². The van der Waals surface area contributed by atoms with Crippen LogP contribution in [0.25, 0.3) is 17.0 Å². The number of nitriles is 1. The molecule has 0 saturated carbocycles. The third-order valence-corrected chi connectivity index (χ3v) is 6.81. The molecule has 9 nitrogen and oxygen atoms in total. The molecule has 1 aliphatic rings. The summed E-state index contributed by atoms with van der Waals surface area (Å²) in [5.74, 6) is 1.83. The van der Waals surface area contributed by atoms with Gasteiger partial charge < -0.3 is 9.88 Å². The molecule has 0 bridgehead atoms. The van der Waals surface area contributed by atoms with E-state index < -0.39 is 0 Å². The molecule has 178 valence electrons. The number of fused-ring (bicyclic) bond motifs is 2. The van der Waals surface area contributed by atoms with Crippen LogP contribution in [0, 0.1) is 32.1 Å². The highest BCUT2D eigenvalue weighted by atomic mass is 16.1. The summed E-state index contributed by atoms with van der Waals surface area (Å²) in [7, 11) is 0. The highest BCUT2D eigenvalue weighted by molar-refractivity contribution is 5.92. The number of carbonyl (C=O) groups is 1. The van der Waals surface area contributed by atoms with Crippen LogP contribution in [0.15, 0.2) is 24.4 Å². The molecule has 0 aliphatic carbocycles. The number of nitrogens with zero attached hydrogens (tertiary/aromatic N) is 7. The predicted molar refractivity (Wildman–Crippen MR) is 132 cm³/mol. The number of amides is 1. The lowest BCUT2D eigenvalue weighted by molar-refractivity contribution is -0.116. The number of aryl methyl sites for hydroxylation is 4. The zero-order valence-electron chi connectivity index (χ0n) is 20.3. The molecule has 4 heterocycles. The van der Waals surface area contributed by atoms with E-state index in [1.165, 1.54) is 12.6 Å². The first kappa shape index (κ1) is 22.7. The van der Waals surface area contributed by atoms with Crippen LogP contribution in [0.3, 0.4) is 0 Å². The molecule has 0 fully saturated rings. The van der Waals surface area contributed by atoms with E-state index >= 15 is 0 Å². The minimum atomic E-state index is -0.0672. The van der Waals surface area contributed by atoms with Crippen LogP contribution >= 0.6 is 0 Å². The van der Waals surface area contributed by atoms with Crippen LogP contribution < -0.4 is 5.32 Å². The van der Waals surface area contributed by atoms with Crippen molar-refractivity contribution in [2.75, 3.05) is 5.32 Å². The summed E-state index contributed by atoms with van der Waals surface area (Å²) in [6.07, 6.45) is 6.81. The van der Waals surface area contributed by atoms with Crippen molar-refractivity contribution < 1.29 is 4.79 Å². The topological polar surface area (TPSA) is 114 Å². The molecule has 0 spiro atoms. The maximum Gasteiger partial charge on any atom is 0.224 e. The quantitative estimate of drug-likeness (QED) is 0.472. The Labute approximate surface area is 203 Å². The Morgan fingerprint density at radius 1 is 1.17 bits per heavy atom. The SMILES string of the molecule is Cc1ccc(-c2nnc3n2CCCCC3)cc1NC(=O)CCc1c(C)nc2c(C#N)cnn2c1C. The van der Waals surface area contributed by atoms with E-state index in [-0.39, 0.29) is 5.91 Å². The fourth-order valence-electron chi connectivity index (χ4n) is 4.80. The van der Waals surface area contributed by atoms with Gasteiger partial charge in [0.15, 0.2) is 11.5 Å². The Balaban J connectivity index is 1.33. The third-order valence-electron chi connectivity index (χ3n) is 6.81. The first-order valence-corrected chi connectivity index (χ1v) is 12.0. The van der Waals surface area contributed by atoms with Crippen LogP contribution in [0.5, 0.6) is 0 Å². The molecule has 1 amide bonds. The molecule has 0 radical (unpaired) electrons. The number of aromatic nitrogens is 6. The van der Waals surface area contributed by atoms with Gasteiger partial charge in [-0.1, -0.05) is 18.6 Å². The number of carbonyl (C=O) groups excluding carboxylic acids is 1. The molecule has 4 aromatic rings. The van der Waals surface area contributed by atoms with Gasteiger partial charge in [0.2, 0.25) is 5.91 Å². The molecule has 35 heavy (non-hydrogen) atoms. The average Bonchev–Trinajstić information content (AvgIpc) is 3.36. The Hall–Kier alpha value is -4.06. The van der Waals surface area contributed by atoms with Gasteiger partial charge in [-0.3, -0.25) is 4.79 Å². The summed E-state index contributed by atoms with van der Waals surface area (Å²) in [6.45, 7) is 6.76. The normalized spacial score (nSPS) is 13.3. The molecule has 5 rings (SSSR count). The van der Waals surface area contributed by atoms with Crippen molar-refractivity contribution in [2.45, 2.75) is 65.8 Å². The zero-order valence-corrected chi connectivity index (χ0v) is 20.3. The number of hydrogen-bond donors (Lipinski definition) is 1. The lowest BCUT2D eigenvalue weighted by atomic mass is 10.1. The van der Waals surface area contributed by atoms with E-state index in [1.807, 2.05) is 39.0 Å². The summed E-state index contributed by atoms with van der Waals surface area (Å²) in [4.78, 5) is 17.5. The summed E-state index contributed by atoms with van der Waals surface area (Å²) in [5, 5.41) is 25.5. The van der Waals surface area contributed by atoms with Gasteiger partial charge in [0.25, 0.3) is 0 Å². The minimum absolute atomic E-state index is 0.0672. The Morgan fingerprint density at radius 3 is 2.86 bits per heavy atom. The summed E-state index contributed by atoms with van der Waals surface area (Å²) in [6, 6.07) is 8.17. The first-order valence-electron chi connectivity index (χ1n) is 12.0. The highest BCUT2D eigenvalue weighted by Crippen LogP contribution is 2.27. The van der Waals surface area contributed by atoms with Gasteiger partial charge in [0.05, 0.1) is 6.20 Å². The Bertz CT molecular complexity index is 1470. The number of anilines is 1. The third kappa shape index (κ3) is 4.28. The van der Waals surface area contributed by atoms with E-state index in [0.29, 0.717) is 24.1 Å². The average molecular weight is 469 g/mol. The zero-order chi connectivity index (χ0) is 24.5. The number of rotatable bonds is 5. The molecule has 0 atom stereocenters. The van der Waals surface area contributed by atoms with Crippen LogP contribution in [0.4, 0.5) is 5.69 Å². The molecule has 1 N–H and O–H groups in total. The van der Waals surface area contributed by atoms with Gasteiger partial charge in [-0.05, 0) is 57.2 Å². The van der Waals surface area contributed by atoms with Crippen molar-refractivity contribution in [2.24, 2.45) is 0 Å². The van der Waals surface area contributed by atoms with Crippen molar-refractivity contribution in [1.82, 2.24) is 29.4 Å². The molecular formula is C26H28N8O. The molecular weight excluding hydrogens is 440 g/mol. The van der Waals surface area contributed by atoms with Crippen LogP contribution in [-0.4, -0.2) is 35.3 Å². The van der Waals surface area contributed by atoms with E-state index in [0.717, 1.165) is 71.2 Å². The molecule has 3 aromatic heterocycles. The second kappa shape index (κ2) is 9.29. The number of hydrogen-bond acceptors (Lipinski definition) is 6. The Kier molecular flexibility index (Phi) is 6.03. The van der Waals surface area contributed by atoms with Crippen molar-refractivity contribution in [3.8, 4) is 17.5 Å². The van der Waals surface area contributed by atoms with Gasteiger partial charge >= 0.3 is 0 Å². The molecule has 1 aliphatic heterocycles. The van der Waals surface area contributed by atoms with E-state index in [9.17, 15) is 10.1 Å². The molecule has 1 aromatic carbocycles. The van der Waals surface area contributed by atoms with Crippen LogP contribution in [0.2, 0.25) is 0 Å². The van der Waals surface area contributed by atoms with Gasteiger partial charge in [0.1, 0.15) is 17.5 Å². The summed E-state index contributed by atoms with van der Waals surface area (Å²) in [5.41, 5.74) is 6.41. The van der Waals surface area contributed by atoms with Gasteiger partial charge in [-0.15, -0.1) is 10.2 Å². The van der Waals surface area contributed by atoms with E-state index in [2.05, 4.69) is 36.2 Å². The maximum absolute atomic E-state index is 12.9. The molecule has 0 saturated heterocycles. The smallest absolute Gasteiger partial charge is 0.224 e. The number of nitrogens with one attached hydrogen (secondary N) is 1.